The minimum absolute atomic E-state index is 0.0254. The molecule has 0 spiro atoms. The molecule has 6 nitrogen and oxygen atoms in total. The molecule has 0 aromatic heterocycles. The van der Waals surface area contributed by atoms with E-state index in [2.05, 4.69) is 10.2 Å². The third-order valence-electron chi connectivity index (χ3n) is 3.82. The van der Waals surface area contributed by atoms with Crippen molar-refractivity contribution in [2.75, 3.05) is 11.5 Å². The molecule has 0 heterocycles. The number of nitrogen functional groups attached to an aromatic ring is 1. The monoisotopic (exact) mass is 347 g/mol. The second kappa shape index (κ2) is 6.60. The molecule has 24 heavy (non-hydrogen) atoms. The standard InChI is InChI=1S/C17H21N3O3S/c1-5-24(22,23)17-9-14(10(2)6-12(17)4)19-20-15-7-11(3)16(21)8-13(15)18/h6-9,21H,5,18H2,1-4H3/b20-19+. The van der Waals surface area contributed by atoms with Gasteiger partial charge in [-0.15, -0.1) is 5.11 Å². The van der Waals surface area contributed by atoms with E-state index in [1.165, 1.54) is 12.1 Å². The Morgan fingerprint density at radius 3 is 2.21 bits per heavy atom. The van der Waals surface area contributed by atoms with Gasteiger partial charge in [-0.05, 0) is 49.6 Å². The molecule has 2 rings (SSSR count). The fourth-order valence-corrected chi connectivity index (χ4v) is 3.46. The quantitative estimate of drug-likeness (QED) is 0.641. The highest BCUT2D eigenvalue weighted by Crippen LogP contribution is 2.33. The molecule has 0 amide bonds. The van der Waals surface area contributed by atoms with Crippen molar-refractivity contribution in [3.63, 3.8) is 0 Å². The van der Waals surface area contributed by atoms with Crippen LogP contribution in [0, 0.1) is 20.8 Å². The molecular formula is C17H21N3O3S. The Hall–Kier alpha value is -2.41. The molecule has 0 atom stereocenters. The Morgan fingerprint density at radius 2 is 1.58 bits per heavy atom. The van der Waals surface area contributed by atoms with Gasteiger partial charge in [-0.2, -0.15) is 5.11 Å². The van der Waals surface area contributed by atoms with Gasteiger partial charge in [0.05, 0.1) is 22.0 Å². The SMILES string of the molecule is CCS(=O)(=O)c1cc(/N=N/c2cc(C)c(O)cc2N)c(C)cc1C. The zero-order chi connectivity index (χ0) is 18.1. The van der Waals surface area contributed by atoms with Crippen LogP contribution >= 0.6 is 0 Å². The van der Waals surface area contributed by atoms with Gasteiger partial charge in [-0.25, -0.2) is 8.42 Å². The van der Waals surface area contributed by atoms with Gasteiger partial charge in [0.25, 0.3) is 0 Å². The van der Waals surface area contributed by atoms with Crippen molar-refractivity contribution in [1.29, 1.82) is 0 Å². The molecule has 7 heteroatoms. The van der Waals surface area contributed by atoms with E-state index in [1.54, 1.807) is 32.9 Å². The summed E-state index contributed by atoms with van der Waals surface area (Å²) in [6.45, 7) is 6.94. The van der Waals surface area contributed by atoms with E-state index >= 15 is 0 Å². The number of aromatic hydroxyl groups is 1. The second-order valence-corrected chi connectivity index (χ2v) is 7.95. The average Bonchev–Trinajstić information content (AvgIpc) is 2.50. The maximum Gasteiger partial charge on any atom is 0.178 e. The second-order valence-electron chi connectivity index (χ2n) is 5.71. The summed E-state index contributed by atoms with van der Waals surface area (Å²) in [5.74, 6) is 0.117. The lowest BCUT2D eigenvalue weighted by Gasteiger charge is -2.09. The lowest BCUT2D eigenvalue weighted by atomic mass is 10.1. The normalized spacial score (nSPS) is 12.0. The first-order chi connectivity index (χ1) is 11.2. The van der Waals surface area contributed by atoms with Crippen LogP contribution in [0.1, 0.15) is 23.6 Å². The Balaban J connectivity index is 2.51. The number of rotatable bonds is 4. The number of hydrogen-bond acceptors (Lipinski definition) is 6. The minimum atomic E-state index is -3.33. The zero-order valence-electron chi connectivity index (χ0n) is 14.2. The summed E-state index contributed by atoms with van der Waals surface area (Å²) >= 11 is 0. The summed E-state index contributed by atoms with van der Waals surface area (Å²) < 4.78 is 24.4. The van der Waals surface area contributed by atoms with Gasteiger partial charge in [0.1, 0.15) is 11.4 Å². The number of benzene rings is 2. The topological polar surface area (TPSA) is 105 Å². The molecule has 0 saturated heterocycles. The molecule has 3 N–H and O–H groups in total. The van der Waals surface area contributed by atoms with Crippen molar-refractivity contribution in [2.24, 2.45) is 10.2 Å². The molecule has 0 bridgehead atoms. The summed E-state index contributed by atoms with van der Waals surface area (Å²) in [4.78, 5) is 0.263. The van der Waals surface area contributed by atoms with Crippen molar-refractivity contribution >= 4 is 26.9 Å². The van der Waals surface area contributed by atoms with Gasteiger partial charge in [0, 0.05) is 6.07 Å². The van der Waals surface area contributed by atoms with E-state index in [0.29, 0.717) is 28.2 Å². The van der Waals surface area contributed by atoms with Crippen LogP contribution in [0.4, 0.5) is 17.1 Å². The first-order valence-electron chi connectivity index (χ1n) is 7.50. The van der Waals surface area contributed by atoms with E-state index in [0.717, 1.165) is 5.56 Å². The van der Waals surface area contributed by atoms with Crippen molar-refractivity contribution in [1.82, 2.24) is 0 Å². The molecule has 0 aliphatic rings. The van der Waals surface area contributed by atoms with Crippen LogP contribution < -0.4 is 5.73 Å². The molecule has 2 aromatic rings. The number of aryl methyl sites for hydroxylation is 3. The molecular weight excluding hydrogens is 326 g/mol. The molecule has 0 aliphatic carbocycles. The number of phenolic OH excluding ortho intramolecular Hbond substituents is 1. The largest absolute Gasteiger partial charge is 0.508 e. The number of nitrogens with zero attached hydrogens (tertiary/aromatic N) is 2. The highest BCUT2D eigenvalue weighted by molar-refractivity contribution is 7.91. The number of sulfone groups is 1. The van der Waals surface area contributed by atoms with Crippen LogP contribution in [0.15, 0.2) is 39.4 Å². The Morgan fingerprint density at radius 1 is 0.958 bits per heavy atom. The average molecular weight is 347 g/mol. The van der Waals surface area contributed by atoms with Crippen LogP contribution in [-0.4, -0.2) is 19.3 Å². The predicted octanol–water partition coefficient (Wildman–Crippen LogP) is 4.11. The van der Waals surface area contributed by atoms with Crippen LogP contribution in [-0.2, 0) is 9.84 Å². The highest BCUT2D eigenvalue weighted by Gasteiger charge is 2.16. The molecule has 0 fully saturated rings. The lowest BCUT2D eigenvalue weighted by molar-refractivity contribution is 0.471. The van der Waals surface area contributed by atoms with Crippen LogP contribution in [0.3, 0.4) is 0 Å². The van der Waals surface area contributed by atoms with Gasteiger partial charge < -0.3 is 10.8 Å². The summed E-state index contributed by atoms with van der Waals surface area (Å²) in [6.07, 6.45) is 0. The van der Waals surface area contributed by atoms with Gasteiger partial charge in [0.15, 0.2) is 9.84 Å². The van der Waals surface area contributed by atoms with Crippen molar-refractivity contribution in [2.45, 2.75) is 32.6 Å². The number of phenols is 1. The first-order valence-corrected chi connectivity index (χ1v) is 9.15. The van der Waals surface area contributed by atoms with Gasteiger partial charge in [0.2, 0.25) is 0 Å². The Kier molecular flexibility index (Phi) is 4.94. The van der Waals surface area contributed by atoms with E-state index in [4.69, 9.17) is 5.73 Å². The van der Waals surface area contributed by atoms with Crippen LogP contribution in [0.25, 0.3) is 0 Å². The van der Waals surface area contributed by atoms with E-state index in [9.17, 15) is 13.5 Å². The summed E-state index contributed by atoms with van der Waals surface area (Å²) in [6, 6.07) is 6.36. The fourth-order valence-electron chi connectivity index (χ4n) is 2.31. The maximum atomic E-state index is 12.2. The summed E-state index contributed by atoms with van der Waals surface area (Å²) in [7, 11) is -3.33. The summed E-state index contributed by atoms with van der Waals surface area (Å²) in [5, 5.41) is 17.9. The lowest BCUT2D eigenvalue weighted by Crippen LogP contribution is -2.05. The molecule has 128 valence electrons. The van der Waals surface area contributed by atoms with Gasteiger partial charge in [-0.3, -0.25) is 0 Å². The van der Waals surface area contributed by atoms with Crippen LogP contribution in [0.2, 0.25) is 0 Å². The maximum absolute atomic E-state index is 12.2. The number of azo groups is 1. The number of nitrogens with two attached hydrogens (primary N) is 1. The Bertz CT molecular complexity index is 919. The van der Waals surface area contributed by atoms with Gasteiger partial charge in [-0.1, -0.05) is 13.0 Å². The van der Waals surface area contributed by atoms with E-state index in [1.807, 2.05) is 6.92 Å². The third-order valence-corrected chi connectivity index (χ3v) is 5.69. The van der Waals surface area contributed by atoms with Crippen molar-refractivity contribution in [3.8, 4) is 5.75 Å². The molecule has 0 radical (unpaired) electrons. The zero-order valence-corrected chi connectivity index (χ0v) is 15.0. The highest BCUT2D eigenvalue weighted by atomic mass is 32.2. The van der Waals surface area contributed by atoms with E-state index < -0.39 is 9.84 Å². The molecule has 0 saturated carbocycles. The molecule has 0 aliphatic heterocycles. The minimum Gasteiger partial charge on any atom is -0.508 e. The smallest absolute Gasteiger partial charge is 0.178 e. The van der Waals surface area contributed by atoms with Crippen molar-refractivity contribution < 1.29 is 13.5 Å². The molecule has 0 unspecified atom stereocenters. The van der Waals surface area contributed by atoms with Crippen molar-refractivity contribution in [3.05, 3.63) is 41.0 Å². The predicted molar refractivity (Wildman–Crippen MR) is 95.1 cm³/mol. The fraction of sp³-hybridized carbons (Fsp3) is 0.294. The number of hydrogen-bond donors (Lipinski definition) is 2. The summed E-state index contributed by atoms with van der Waals surface area (Å²) in [5.41, 5.74) is 9.16. The van der Waals surface area contributed by atoms with Crippen LogP contribution in [0.5, 0.6) is 5.75 Å². The first kappa shape index (κ1) is 17.9. The third kappa shape index (κ3) is 3.56. The Labute approximate surface area is 142 Å². The van der Waals surface area contributed by atoms with Gasteiger partial charge >= 0.3 is 0 Å². The molecule has 2 aromatic carbocycles. The van der Waals surface area contributed by atoms with E-state index in [-0.39, 0.29) is 16.4 Å². The number of anilines is 1.